The molecule has 0 fully saturated rings. The van der Waals surface area contributed by atoms with Crippen LogP contribution in [0.15, 0.2) is 54.3 Å². The topological polar surface area (TPSA) is 38.0 Å². The molecular weight excluding hydrogens is 224 g/mol. The molecule has 0 saturated carbocycles. The van der Waals surface area contributed by atoms with Gasteiger partial charge in [0.2, 0.25) is 0 Å². The van der Waals surface area contributed by atoms with Gasteiger partial charge in [-0.3, -0.25) is 0 Å². The minimum Gasteiger partial charge on any atom is -0.403 e. The van der Waals surface area contributed by atoms with Crippen molar-refractivity contribution in [2.45, 2.75) is 5.75 Å². The highest BCUT2D eigenvalue weighted by Crippen LogP contribution is 2.30. The zero-order valence-corrected chi connectivity index (χ0v) is 9.98. The first-order chi connectivity index (χ1) is 7.33. The van der Waals surface area contributed by atoms with Crippen molar-refractivity contribution < 1.29 is 0 Å². The summed E-state index contributed by atoms with van der Waals surface area (Å²) in [6.07, 6.45) is 3.12. The molecule has 0 amide bonds. The van der Waals surface area contributed by atoms with E-state index in [1.807, 2.05) is 18.2 Å². The van der Waals surface area contributed by atoms with Crippen LogP contribution in [0.1, 0.15) is 5.56 Å². The first-order valence-electron chi connectivity index (χ1n) is 4.48. The lowest BCUT2D eigenvalue weighted by molar-refractivity contribution is 1.17. The van der Waals surface area contributed by atoms with Crippen molar-refractivity contribution in [3.05, 3.63) is 59.9 Å². The van der Waals surface area contributed by atoms with Gasteiger partial charge in [0.25, 0.3) is 0 Å². The number of nitrogens with two attached hydrogens (primary N) is 1. The summed E-state index contributed by atoms with van der Waals surface area (Å²) >= 11 is 0. The molecule has 0 aromatic heterocycles. The molecule has 0 heterocycles. The predicted octanol–water partition coefficient (Wildman–Crippen LogP) is 3.06. The Labute approximate surface area is 98.4 Å². The van der Waals surface area contributed by atoms with Crippen LogP contribution in [0.2, 0.25) is 0 Å². The molecule has 3 N–H and O–H groups in total. The second-order valence-corrected chi connectivity index (χ2v) is 5.15. The van der Waals surface area contributed by atoms with E-state index in [9.17, 15) is 0 Å². The molecule has 1 rings (SSSR count). The summed E-state index contributed by atoms with van der Waals surface area (Å²) in [6.45, 7) is 3.85. The molecule has 1 aromatic rings. The average Bonchev–Trinajstić information content (AvgIpc) is 2.28. The maximum absolute atomic E-state index is 5.20. The van der Waals surface area contributed by atoms with Crippen LogP contribution >= 0.6 is 21.6 Å². The number of benzene rings is 1. The van der Waals surface area contributed by atoms with Crippen LogP contribution in [0.25, 0.3) is 0 Å². The lowest BCUT2D eigenvalue weighted by Crippen LogP contribution is -1.99. The zero-order chi connectivity index (χ0) is 10.9. The molecule has 0 radical (unpaired) electrons. The van der Waals surface area contributed by atoms with E-state index in [0.717, 1.165) is 10.8 Å². The van der Waals surface area contributed by atoms with Gasteiger partial charge in [-0.25, -0.2) is 0 Å². The smallest absolute Gasteiger partial charge is 0.0756 e. The van der Waals surface area contributed by atoms with Gasteiger partial charge in [-0.15, -0.1) is 0 Å². The predicted molar refractivity (Wildman–Crippen MR) is 70.9 cm³/mol. The fourth-order valence-corrected chi connectivity index (χ4v) is 2.71. The Kier molecular flexibility index (Phi) is 5.88. The van der Waals surface area contributed by atoms with Crippen molar-refractivity contribution in [2.24, 2.45) is 5.73 Å². The van der Waals surface area contributed by atoms with Crippen molar-refractivity contribution in [1.29, 1.82) is 0 Å². The molecular formula is C11H14N2S2. The summed E-state index contributed by atoms with van der Waals surface area (Å²) in [5, 5.41) is 3.85. The number of nitrogens with one attached hydrogen (secondary N) is 1. The Morgan fingerprint density at radius 2 is 2.13 bits per heavy atom. The number of hydrogen-bond acceptors (Lipinski definition) is 4. The highest BCUT2D eigenvalue weighted by Gasteiger charge is 1.95. The van der Waals surface area contributed by atoms with E-state index >= 15 is 0 Å². The molecule has 1 aromatic carbocycles. The van der Waals surface area contributed by atoms with E-state index in [1.54, 1.807) is 27.8 Å². The van der Waals surface area contributed by atoms with Crippen molar-refractivity contribution in [1.82, 2.24) is 5.32 Å². The van der Waals surface area contributed by atoms with E-state index < -0.39 is 0 Å². The summed E-state index contributed by atoms with van der Waals surface area (Å²) in [5.41, 5.74) is 6.51. The van der Waals surface area contributed by atoms with Gasteiger partial charge in [0, 0.05) is 18.2 Å². The molecule has 0 saturated heterocycles. The summed E-state index contributed by atoms with van der Waals surface area (Å²) in [5.74, 6) is 0.971. The summed E-state index contributed by atoms with van der Waals surface area (Å²) in [4.78, 5) is 0. The third kappa shape index (κ3) is 5.44. The van der Waals surface area contributed by atoms with Gasteiger partial charge in [0.05, 0.1) is 5.03 Å². The van der Waals surface area contributed by atoms with Crippen molar-refractivity contribution in [3.63, 3.8) is 0 Å². The van der Waals surface area contributed by atoms with Crippen molar-refractivity contribution in [3.8, 4) is 0 Å². The van der Waals surface area contributed by atoms with Gasteiger partial charge in [0.15, 0.2) is 0 Å². The monoisotopic (exact) mass is 238 g/mol. The molecule has 0 unspecified atom stereocenters. The van der Waals surface area contributed by atoms with Crippen LogP contribution in [0.4, 0.5) is 0 Å². The quantitative estimate of drug-likeness (QED) is 0.747. The third-order valence-corrected chi connectivity index (χ3v) is 3.77. The molecule has 0 atom stereocenters. The van der Waals surface area contributed by atoms with E-state index in [2.05, 4.69) is 24.0 Å². The maximum atomic E-state index is 5.20. The minimum absolute atomic E-state index is 0.887. The van der Waals surface area contributed by atoms with E-state index in [1.165, 1.54) is 11.8 Å². The molecule has 4 heteroatoms. The Hall–Kier alpha value is -1.00. The van der Waals surface area contributed by atoms with Gasteiger partial charge in [-0.1, -0.05) is 47.7 Å². The lowest BCUT2D eigenvalue weighted by Gasteiger charge is -2.03. The van der Waals surface area contributed by atoms with Crippen molar-refractivity contribution >= 4 is 21.6 Å². The molecule has 0 aliphatic heterocycles. The van der Waals surface area contributed by atoms with Gasteiger partial charge in [-0.05, 0) is 16.4 Å². The number of hydrogen-bond donors (Lipinski definition) is 2. The Balaban J connectivity index is 2.19. The Morgan fingerprint density at radius 1 is 1.40 bits per heavy atom. The van der Waals surface area contributed by atoms with Crippen LogP contribution in [0, 0.1) is 0 Å². The third-order valence-electron chi connectivity index (χ3n) is 1.57. The zero-order valence-electron chi connectivity index (χ0n) is 8.35. The highest BCUT2D eigenvalue weighted by atomic mass is 33.1. The Morgan fingerprint density at radius 3 is 2.80 bits per heavy atom. The van der Waals surface area contributed by atoms with Gasteiger partial charge < -0.3 is 11.1 Å². The molecule has 80 valence electrons. The van der Waals surface area contributed by atoms with E-state index in [-0.39, 0.29) is 0 Å². The van der Waals surface area contributed by atoms with Crippen LogP contribution in [-0.4, -0.2) is 0 Å². The van der Waals surface area contributed by atoms with E-state index in [4.69, 9.17) is 5.73 Å². The van der Waals surface area contributed by atoms with E-state index in [0.29, 0.717) is 0 Å². The number of rotatable bonds is 6. The lowest BCUT2D eigenvalue weighted by atomic mass is 10.2. The normalized spacial score (nSPS) is 10.4. The standard InChI is InChI=1S/C11H14N2S2/c1-10(13-8-7-12)15-14-9-11-5-3-2-4-6-11/h2-8,13H,1,9,12H2/b8-7-. The first kappa shape index (κ1) is 12.1. The van der Waals surface area contributed by atoms with Gasteiger partial charge >= 0.3 is 0 Å². The van der Waals surface area contributed by atoms with Crippen molar-refractivity contribution in [2.75, 3.05) is 0 Å². The fraction of sp³-hybridized carbons (Fsp3) is 0.0909. The first-order valence-corrected chi connectivity index (χ1v) is 6.80. The van der Waals surface area contributed by atoms with Crippen LogP contribution < -0.4 is 11.1 Å². The molecule has 0 bridgehead atoms. The SMILES string of the molecule is C=C(N/C=C\N)SSCc1ccccc1. The summed E-state index contributed by atoms with van der Waals surface area (Å²) < 4.78 is 0. The average molecular weight is 238 g/mol. The van der Waals surface area contributed by atoms with Gasteiger partial charge in [-0.2, -0.15) is 0 Å². The fourth-order valence-electron chi connectivity index (χ4n) is 0.908. The van der Waals surface area contributed by atoms with Crippen LogP contribution in [0.5, 0.6) is 0 Å². The summed E-state index contributed by atoms with van der Waals surface area (Å²) in [6, 6.07) is 10.3. The largest absolute Gasteiger partial charge is 0.403 e. The molecule has 0 aliphatic rings. The highest BCUT2D eigenvalue weighted by molar-refractivity contribution is 8.77. The molecule has 15 heavy (non-hydrogen) atoms. The minimum atomic E-state index is 0.887. The molecule has 2 nitrogen and oxygen atoms in total. The molecule has 0 spiro atoms. The second kappa shape index (κ2) is 7.31. The maximum Gasteiger partial charge on any atom is 0.0756 e. The Bertz CT molecular complexity index is 323. The second-order valence-electron chi connectivity index (χ2n) is 2.76. The molecule has 0 aliphatic carbocycles. The van der Waals surface area contributed by atoms with Crippen LogP contribution in [-0.2, 0) is 5.75 Å². The summed E-state index contributed by atoms with van der Waals surface area (Å²) in [7, 11) is 3.36. The van der Waals surface area contributed by atoms with Crippen LogP contribution in [0.3, 0.4) is 0 Å². The van der Waals surface area contributed by atoms with Gasteiger partial charge in [0.1, 0.15) is 0 Å².